The molecule has 0 radical (unpaired) electrons. The summed E-state index contributed by atoms with van der Waals surface area (Å²) in [5, 5.41) is 1.80. The molecule has 0 aromatic carbocycles. The van der Waals surface area contributed by atoms with Crippen LogP contribution < -0.4 is 5.43 Å². The zero-order valence-electron chi connectivity index (χ0n) is 9.53. The summed E-state index contributed by atoms with van der Waals surface area (Å²) in [6, 6.07) is 0. The van der Waals surface area contributed by atoms with Crippen LogP contribution in [0.5, 0.6) is 0 Å². The molecule has 0 aromatic rings. The quantitative estimate of drug-likeness (QED) is 0.656. The Morgan fingerprint density at radius 2 is 2.00 bits per heavy atom. The molecule has 0 atom stereocenters. The number of amides is 1. The molecule has 1 aliphatic rings. The van der Waals surface area contributed by atoms with Crippen LogP contribution >= 0.6 is 0 Å². The summed E-state index contributed by atoms with van der Waals surface area (Å²) in [7, 11) is 0. The van der Waals surface area contributed by atoms with Crippen LogP contribution in [-0.4, -0.2) is 49.8 Å². The number of hydrogen-bond donors (Lipinski definition) is 1. The number of carbonyl (C=O) groups excluding carboxylic acids is 2. The van der Waals surface area contributed by atoms with Crippen LogP contribution in [0.15, 0.2) is 0 Å². The Hall–Kier alpha value is -1.14. The van der Waals surface area contributed by atoms with Crippen molar-refractivity contribution in [3.63, 3.8) is 0 Å². The lowest BCUT2D eigenvalue weighted by atomic mass is 10.3. The maximum Gasteiger partial charge on any atom is 0.306 e. The smallest absolute Gasteiger partial charge is 0.306 e. The van der Waals surface area contributed by atoms with Gasteiger partial charge in [-0.25, -0.2) is 5.01 Å². The van der Waals surface area contributed by atoms with Gasteiger partial charge in [-0.2, -0.15) is 0 Å². The zero-order valence-corrected chi connectivity index (χ0v) is 9.53. The molecule has 1 N–H and O–H groups in total. The Morgan fingerprint density at radius 1 is 1.31 bits per heavy atom. The van der Waals surface area contributed by atoms with Crippen molar-refractivity contribution in [1.29, 1.82) is 0 Å². The Labute approximate surface area is 94.8 Å². The van der Waals surface area contributed by atoms with Crippen LogP contribution in [0.4, 0.5) is 0 Å². The third-order valence-electron chi connectivity index (χ3n) is 2.16. The van der Waals surface area contributed by atoms with Crippen molar-refractivity contribution in [2.75, 3.05) is 32.9 Å². The van der Waals surface area contributed by atoms with E-state index in [0.29, 0.717) is 32.9 Å². The second-order valence-corrected chi connectivity index (χ2v) is 3.44. The maximum atomic E-state index is 11.4. The Bertz CT molecular complexity index is 239. The lowest BCUT2D eigenvalue weighted by Gasteiger charge is -2.26. The second kappa shape index (κ2) is 7.19. The molecule has 0 unspecified atom stereocenters. The normalized spacial score (nSPS) is 16.8. The van der Waals surface area contributed by atoms with E-state index >= 15 is 0 Å². The van der Waals surface area contributed by atoms with E-state index in [9.17, 15) is 9.59 Å². The van der Waals surface area contributed by atoms with E-state index in [4.69, 9.17) is 9.47 Å². The van der Waals surface area contributed by atoms with Gasteiger partial charge in [-0.05, 0) is 6.92 Å². The summed E-state index contributed by atoms with van der Waals surface area (Å²) in [6.07, 6.45) is 0.292. The lowest BCUT2D eigenvalue weighted by molar-refractivity contribution is -0.145. The van der Waals surface area contributed by atoms with Crippen LogP contribution in [0.3, 0.4) is 0 Å². The first-order valence-electron chi connectivity index (χ1n) is 5.50. The molecule has 1 saturated heterocycles. The lowest BCUT2D eigenvalue weighted by Crippen LogP contribution is -2.48. The molecule has 1 fully saturated rings. The number of hydrazine groups is 1. The van der Waals surface area contributed by atoms with Gasteiger partial charge in [-0.1, -0.05) is 0 Å². The molecule has 6 heteroatoms. The van der Waals surface area contributed by atoms with Gasteiger partial charge in [0.15, 0.2) is 0 Å². The summed E-state index contributed by atoms with van der Waals surface area (Å²) in [5.74, 6) is -0.491. The van der Waals surface area contributed by atoms with Gasteiger partial charge in [0.05, 0.1) is 26.2 Å². The number of nitrogens with one attached hydrogen (secondary N) is 1. The number of ether oxygens (including phenoxy) is 2. The van der Waals surface area contributed by atoms with Gasteiger partial charge in [0.1, 0.15) is 0 Å². The summed E-state index contributed by atoms with van der Waals surface area (Å²) >= 11 is 0. The van der Waals surface area contributed by atoms with Gasteiger partial charge in [-0.15, -0.1) is 0 Å². The summed E-state index contributed by atoms with van der Waals surface area (Å²) < 4.78 is 9.87. The molecule has 1 amide bonds. The molecule has 0 bridgehead atoms. The average molecular weight is 230 g/mol. The largest absolute Gasteiger partial charge is 0.466 e. The minimum atomic E-state index is -0.334. The number of rotatable bonds is 5. The third kappa shape index (κ3) is 5.09. The fraction of sp³-hybridized carbons (Fsp3) is 0.800. The predicted octanol–water partition coefficient (Wildman–Crippen LogP) is -0.307. The fourth-order valence-corrected chi connectivity index (χ4v) is 1.36. The van der Waals surface area contributed by atoms with Crippen molar-refractivity contribution in [2.45, 2.75) is 19.8 Å². The van der Waals surface area contributed by atoms with Crippen molar-refractivity contribution in [3.8, 4) is 0 Å². The van der Waals surface area contributed by atoms with Gasteiger partial charge in [-0.3, -0.25) is 15.0 Å². The fourth-order valence-electron chi connectivity index (χ4n) is 1.36. The Morgan fingerprint density at radius 3 is 2.62 bits per heavy atom. The first-order chi connectivity index (χ1) is 7.72. The minimum Gasteiger partial charge on any atom is -0.466 e. The Kier molecular flexibility index (Phi) is 5.81. The monoisotopic (exact) mass is 230 g/mol. The van der Waals surface area contributed by atoms with E-state index in [1.165, 1.54) is 0 Å². The number of hydrogen-bond acceptors (Lipinski definition) is 5. The molecule has 1 aliphatic heterocycles. The van der Waals surface area contributed by atoms with E-state index in [2.05, 4.69) is 5.43 Å². The summed E-state index contributed by atoms with van der Waals surface area (Å²) in [5.41, 5.74) is 2.72. The average Bonchev–Trinajstić information content (AvgIpc) is 2.28. The standard InChI is InChI=1S/C10H18N2O4/c1-2-16-10(14)4-3-9(13)11-12-5-7-15-8-6-12/h2-8H2,1H3,(H,11,13). The van der Waals surface area contributed by atoms with E-state index in [1.807, 2.05) is 0 Å². The number of esters is 1. The molecule has 6 nitrogen and oxygen atoms in total. The van der Waals surface area contributed by atoms with E-state index < -0.39 is 0 Å². The van der Waals surface area contributed by atoms with Gasteiger partial charge in [0, 0.05) is 19.5 Å². The maximum absolute atomic E-state index is 11.4. The van der Waals surface area contributed by atoms with Crippen LogP contribution in [0.25, 0.3) is 0 Å². The molecule has 1 rings (SSSR count). The Balaban J connectivity index is 2.12. The first-order valence-corrected chi connectivity index (χ1v) is 5.50. The highest BCUT2D eigenvalue weighted by Gasteiger charge is 2.13. The molecule has 0 aliphatic carbocycles. The van der Waals surface area contributed by atoms with Gasteiger partial charge < -0.3 is 9.47 Å². The molecular weight excluding hydrogens is 212 g/mol. The van der Waals surface area contributed by atoms with Crippen LogP contribution in [-0.2, 0) is 19.1 Å². The highest BCUT2D eigenvalue weighted by Crippen LogP contribution is 1.96. The molecular formula is C10H18N2O4. The van der Waals surface area contributed by atoms with Crippen molar-refractivity contribution < 1.29 is 19.1 Å². The molecule has 1 heterocycles. The first kappa shape index (κ1) is 12.9. The van der Waals surface area contributed by atoms with Crippen molar-refractivity contribution in [3.05, 3.63) is 0 Å². The van der Waals surface area contributed by atoms with Crippen LogP contribution in [0.1, 0.15) is 19.8 Å². The van der Waals surface area contributed by atoms with E-state index in [1.54, 1.807) is 11.9 Å². The summed E-state index contributed by atoms with van der Waals surface area (Å²) in [6.45, 7) is 4.71. The van der Waals surface area contributed by atoms with E-state index in [0.717, 1.165) is 0 Å². The van der Waals surface area contributed by atoms with Crippen molar-refractivity contribution in [2.24, 2.45) is 0 Å². The van der Waals surface area contributed by atoms with E-state index in [-0.39, 0.29) is 24.7 Å². The molecule has 16 heavy (non-hydrogen) atoms. The second-order valence-electron chi connectivity index (χ2n) is 3.44. The van der Waals surface area contributed by atoms with Crippen LogP contribution in [0, 0.1) is 0 Å². The zero-order chi connectivity index (χ0) is 11.8. The molecule has 0 spiro atoms. The molecule has 0 saturated carbocycles. The molecule has 0 aromatic heterocycles. The molecule has 92 valence electrons. The summed E-state index contributed by atoms with van der Waals surface area (Å²) in [4.78, 5) is 22.4. The topological polar surface area (TPSA) is 67.9 Å². The highest BCUT2D eigenvalue weighted by atomic mass is 16.5. The highest BCUT2D eigenvalue weighted by molar-refractivity contribution is 5.80. The number of morpholine rings is 1. The number of nitrogens with zero attached hydrogens (tertiary/aromatic N) is 1. The van der Waals surface area contributed by atoms with Gasteiger partial charge >= 0.3 is 5.97 Å². The van der Waals surface area contributed by atoms with Crippen molar-refractivity contribution >= 4 is 11.9 Å². The van der Waals surface area contributed by atoms with Gasteiger partial charge in [0.25, 0.3) is 0 Å². The predicted molar refractivity (Wildman–Crippen MR) is 56.4 cm³/mol. The SMILES string of the molecule is CCOC(=O)CCC(=O)NN1CCOCC1. The minimum absolute atomic E-state index is 0.129. The number of carbonyl (C=O) groups is 2. The van der Waals surface area contributed by atoms with Gasteiger partial charge in [0.2, 0.25) is 5.91 Å². The third-order valence-corrected chi connectivity index (χ3v) is 2.16. The van der Waals surface area contributed by atoms with Crippen LogP contribution in [0.2, 0.25) is 0 Å². The van der Waals surface area contributed by atoms with Crippen molar-refractivity contribution in [1.82, 2.24) is 10.4 Å².